The molecule has 1 aromatic rings. The molecular formula is C15H14FN5O2. The number of halogens is 1. The summed E-state index contributed by atoms with van der Waals surface area (Å²) in [6.45, 7) is 0. The van der Waals surface area contributed by atoms with E-state index in [9.17, 15) is 14.0 Å². The zero-order valence-corrected chi connectivity index (χ0v) is 12.0. The summed E-state index contributed by atoms with van der Waals surface area (Å²) in [5, 5.41) is 11.6. The Bertz CT molecular complexity index is 784. The fraction of sp³-hybridized carbons (Fsp3) is 0.267. The molecular weight excluding hydrogens is 301 g/mol. The van der Waals surface area contributed by atoms with E-state index in [-0.39, 0.29) is 17.4 Å². The molecule has 0 saturated heterocycles. The van der Waals surface area contributed by atoms with Gasteiger partial charge < -0.3 is 16.4 Å². The van der Waals surface area contributed by atoms with Crippen molar-refractivity contribution >= 4 is 29.4 Å². The molecule has 0 aromatic heterocycles. The highest BCUT2D eigenvalue weighted by Gasteiger charge is 2.38. The van der Waals surface area contributed by atoms with Crippen molar-refractivity contribution in [1.29, 1.82) is 0 Å². The Kier molecular flexibility index (Phi) is 2.87. The molecule has 0 bridgehead atoms. The normalized spacial score (nSPS) is 22.7. The monoisotopic (exact) mass is 315 g/mol. The lowest BCUT2D eigenvalue weighted by molar-refractivity contribution is -0.121. The van der Waals surface area contributed by atoms with Crippen LogP contribution in [0.15, 0.2) is 29.0 Å². The molecule has 1 unspecified atom stereocenters. The van der Waals surface area contributed by atoms with Crippen LogP contribution in [0.25, 0.3) is 0 Å². The van der Waals surface area contributed by atoms with Crippen LogP contribution in [-0.4, -0.2) is 24.2 Å². The second-order valence-electron chi connectivity index (χ2n) is 5.78. The lowest BCUT2D eigenvalue weighted by Gasteiger charge is -2.16. The number of nitrogens with zero attached hydrogens (tertiary/aromatic N) is 2. The van der Waals surface area contributed by atoms with Crippen molar-refractivity contribution in [1.82, 2.24) is 5.32 Å². The number of hydrogen-bond acceptors (Lipinski definition) is 5. The summed E-state index contributed by atoms with van der Waals surface area (Å²) in [7, 11) is 0. The van der Waals surface area contributed by atoms with Crippen molar-refractivity contribution < 1.29 is 14.0 Å². The third-order valence-electron chi connectivity index (χ3n) is 4.08. The van der Waals surface area contributed by atoms with Crippen LogP contribution in [0.3, 0.4) is 0 Å². The summed E-state index contributed by atoms with van der Waals surface area (Å²) in [6, 6.07) is 2.38. The lowest BCUT2D eigenvalue weighted by Crippen LogP contribution is -2.31. The molecule has 1 aromatic carbocycles. The van der Waals surface area contributed by atoms with Crippen LogP contribution in [0.1, 0.15) is 23.2 Å². The van der Waals surface area contributed by atoms with E-state index in [1.165, 1.54) is 6.07 Å². The number of hydrazone groups is 1. The van der Waals surface area contributed by atoms with Gasteiger partial charge >= 0.3 is 0 Å². The predicted molar refractivity (Wildman–Crippen MR) is 82.2 cm³/mol. The Labute approximate surface area is 131 Å². The van der Waals surface area contributed by atoms with Crippen LogP contribution in [-0.2, 0) is 4.79 Å². The van der Waals surface area contributed by atoms with Crippen molar-refractivity contribution in [2.45, 2.75) is 19.0 Å². The van der Waals surface area contributed by atoms with Crippen LogP contribution in [0.2, 0.25) is 0 Å². The Hall–Kier alpha value is -2.90. The van der Waals surface area contributed by atoms with Crippen molar-refractivity contribution in [3.8, 4) is 0 Å². The number of anilines is 2. The number of carbonyl (C=O) groups is 2. The maximum atomic E-state index is 13.6. The highest BCUT2D eigenvalue weighted by molar-refractivity contribution is 6.05. The molecule has 2 amide bonds. The predicted octanol–water partition coefficient (Wildman–Crippen LogP) is 0.892. The van der Waals surface area contributed by atoms with Crippen molar-refractivity contribution in [3.05, 3.63) is 35.3 Å². The van der Waals surface area contributed by atoms with E-state index in [1.807, 2.05) is 0 Å². The molecule has 2 heterocycles. The number of amides is 2. The van der Waals surface area contributed by atoms with E-state index in [2.05, 4.69) is 15.7 Å². The highest BCUT2D eigenvalue weighted by atomic mass is 19.1. The van der Waals surface area contributed by atoms with Gasteiger partial charge in [0.25, 0.3) is 5.91 Å². The Morgan fingerprint density at radius 1 is 1.43 bits per heavy atom. The first kappa shape index (κ1) is 13.7. The first-order valence-electron chi connectivity index (χ1n) is 7.28. The molecule has 23 heavy (non-hydrogen) atoms. The van der Waals surface area contributed by atoms with Gasteiger partial charge in [0.15, 0.2) is 0 Å². The molecule has 1 saturated carbocycles. The van der Waals surface area contributed by atoms with Gasteiger partial charge in [0.2, 0.25) is 5.91 Å². The summed E-state index contributed by atoms with van der Waals surface area (Å²) in [4.78, 5) is 23.3. The van der Waals surface area contributed by atoms with Crippen LogP contribution in [0.4, 0.5) is 15.8 Å². The fourth-order valence-electron chi connectivity index (χ4n) is 2.76. The summed E-state index contributed by atoms with van der Waals surface area (Å²) < 4.78 is 13.6. The molecule has 4 rings (SSSR count). The standard InChI is InChI=1S/C15H14FN5O2/c16-9-3-10(13(17)22)12-11(4-9)20-14-8(6-19-21(12)14)5-18-15(23)7-1-2-7/h3-7,14,20H,1-2H2,(H2,17,22)(H,18,23)/b8-5-. The van der Waals surface area contributed by atoms with Crippen LogP contribution >= 0.6 is 0 Å². The molecule has 3 aliphatic rings. The zero-order chi connectivity index (χ0) is 16.1. The average Bonchev–Trinajstić information content (AvgIpc) is 3.19. The van der Waals surface area contributed by atoms with Crippen molar-refractivity contribution in [2.24, 2.45) is 16.8 Å². The average molecular weight is 315 g/mol. The van der Waals surface area contributed by atoms with E-state index in [0.29, 0.717) is 16.9 Å². The molecule has 0 spiro atoms. The summed E-state index contributed by atoms with van der Waals surface area (Å²) in [6.07, 6.45) is 4.62. The lowest BCUT2D eigenvalue weighted by atomic mass is 10.1. The first-order valence-corrected chi connectivity index (χ1v) is 7.28. The minimum Gasteiger partial charge on any atom is -0.366 e. The fourth-order valence-corrected chi connectivity index (χ4v) is 2.76. The zero-order valence-electron chi connectivity index (χ0n) is 12.0. The van der Waals surface area contributed by atoms with Gasteiger partial charge in [0.1, 0.15) is 12.0 Å². The minimum atomic E-state index is -0.724. The molecule has 1 fully saturated rings. The van der Waals surface area contributed by atoms with E-state index in [1.54, 1.807) is 17.4 Å². The van der Waals surface area contributed by atoms with E-state index in [0.717, 1.165) is 18.9 Å². The van der Waals surface area contributed by atoms with Gasteiger partial charge in [-0.1, -0.05) is 0 Å². The van der Waals surface area contributed by atoms with Crippen molar-refractivity contribution in [3.63, 3.8) is 0 Å². The number of benzene rings is 1. The molecule has 7 nitrogen and oxygen atoms in total. The Balaban J connectivity index is 1.63. The van der Waals surface area contributed by atoms with Crippen LogP contribution in [0.5, 0.6) is 0 Å². The number of nitrogens with two attached hydrogens (primary N) is 1. The van der Waals surface area contributed by atoms with Gasteiger partial charge in [-0.2, -0.15) is 5.10 Å². The molecule has 1 atom stereocenters. The van der Waals surface area contributed by atoms with E-state index < -0.39 is 17.9 Å². The summed E-state index contributed by atoms with van der Waals surface area (Å²) in [5.41, 5.74) is 6.99. The Morgan fingerprint density at radius 2 is 2.22 bits per heavy atom. The smallest absolute Gasteiger partial charge is 0.251 e. The SMILES string of the molecule is NC(=O)c1cc(F)cc2c1N1N=C/C(=C/NC(=O)C3CC3)C1N2. The Morgan fingerprint density at radius 3 is 2.91 bits per heavy atom. The van der Waals surface area contributed by atoms with E-state index >= 15 is 0 Å². The second kappa shape index (κ2) is 4.80. The van der Waals surface area contributed by atoms with Crippen molar-refractivity contribution in [2.75, 3.05) is 10.3 Å². The van der Waals surface area contributed by atoms with Gasteiger partial charge in [-0.15, -0.1) is 0 Å². The van der Waals surface area contributed by atoms with Crippen LogP contribution in [0, 0.1) is 11.7 Å². The summed E-state index contributed by atoms with van der Waals surface area (Å²) >= 11 is 0. The molecule has 0 radical (unpaired) electrons. The highest BCUT2D eigenvalue weighted by Crippen LogP contribution is 2.42. The van der Waals surface area contributed by atoms with Gasteiger partial charge in [-0.05, 0) is 25.0 Å². The van der Waals surface area contributed by atoms with Crippen LogP contribution < -0.4 is 21.4 Å². The maximum Gasteiger partial charge on any atom is 0.251 e. The largest absolute Gasteiger partial charge is 0.366 e. The second-order valence-corrected chi connectivity index (χ2v) is 5.78. The quantitative estimate of drug-likeness (QED) is 0.771. The number of primary amides is 1. The molecule has 8 heteroatoms. The number of hydrogen-bond donors (Lipinski definition) is 3. The summed E-state index contributed by atoms with van der Waals surface area (Å²) in [5.74, 6) is -1.19. The van der Waals surface area contributed by atoms with Gasteiger partial charge in [-0.3, -0.25) is 9.59 Å². The topological polar surface area (TPSA) is 99.8 Å². The molecule has 118 valence electrons. The van der Waals surface area contributed by atoms with E-state index in [4.69, 9.17) is 5.73 Å². The minimum absolute atomic E-state index is 0.0104. The number of carbonyl (C=O) groups excluding carboxylic acids is 2. The number of nitrogens with one attached hydrogen (secondary N) is 2. The van der Waals surface area contributed by atoms with Gasteiger partial charge in [-0.25, -0.2) is 9.40 Å². The van der Waals surface area contributed by atoms with Gasteiger partial charge in [0.05, 0.1) is 23.2 Å². The first-order chi connectivity index (χ1) is 11.0. The number of fused-ring (bicyclic) bond motifs is 3. The number of rotatable bonds is 3. The molecule has 2 aliphatic heterocycles. The third kappa shape index (κ3) is 2.23. The molecule has 4 N–H and O–H groups in total. The molecule has 1 aliphatic carbocycles. The maximum absolute atomic E-state index is 13.6. The van der Waals surface area contributed by atoms with Gasteiger partial charge in [0, 0.05) is 17.7 Å². The third-order valence-corrected chi connectivity index (χ3v) is 4.08.